The Morgan fingerprint density at radius 3 is 2.29 bits per heavy atom. The zero-order chi connectivity index (χ0) is 13.2. The molecule has 0 fully saturated rings. The first-order chi connectivity index (χ1) is 7.77. The third-order valence-corrected chi connectivity index (χ3v) is 2.78. The second-order valence-corrected chi connectivity index (χ2v) is 5.54. The number of methoxy groups -OCH3 is 1. The Balaban J connectivity index is 3.12. The number of rotatable bonds is 3. The molecule has 0 aliphatic rings. The van der Waals surface area contributed by atoms with Crippen molar-refractivity contribution in [3.8, 4) is 0 Å². The summed E-state index contributed by atoms with van der Waals surface area (Å²) in [5, 5.41) is 0. The number of ether oxygens (including phenoxy) is 1. The van der Waals surface area contributed by atoms with Crippen molar-refractivity contribution in [3.63, 3.8) is 0 Å². The molecule has 4 heteroatoms. The van der Waals surface area contributed by atoms with Crippen molar-refractivity contribution < 1.29 is 4.74 Å². The summed E-state index contributed by atoms with van der Waals surface area (Å²) in [6.45, 7) is 10.2. The van der Waals surface area contributed by atoms with Gasteiger partial charge in [0, 0.05) is 30.6 Å². The lowest BCUT2D eigenvalue weighted by Gasteiger charge is -2.28. The standard InChI is InChI=1S/C13H23N3O/c1-8(14)10-7-15-12(16-9(10)2)11(17-6)13(3,4)5/h7-8,11H,14H2,1-6H3/t8-,11?/m0/s1. The molecule has 2 atom stereocenters. The average Bonchev–Trinajstić information content (AvgIpc) is 2.15. The van der Waals surface area contributed by atoms with Crippen LogP contribution in [0.1, 0.15) is 56.9 Å². The SMILES string of the molecule is COC(c1ncc([C@H](C)N)c(C)n1)C(C)(C)C. The average molecular weight is 237 g/mol. The summed E-state index contributed by atoms with van der Waals surface area (Å²) in [5.74, 6) is 0.724. The fourth-order valence-electron chi connectivity index (χ4n) is 1.91. The molecule has 96 valence electrons. The molecule has 4 nitrogen and oxygen atoms in total. The Hall–Kier alpha value is -1.00. The van der Waals surface area contributed by atoms with E-state index in [4.69, 9.17) is 10.5 Å². The Morgan fingerprint density at radius 1 is 1.35 bits per heavy atom. The summed E-state index contributed by atoms with van der Waals surface area (Å²) >= 11 is 0. The first-order valence-corrected chi connectivity index (χ1v) is 5.89. The Bertz CT molecular complexity index is 383. The first kappa shape index (κ1) is 14.1. The normalized spacial score (nSPS) is 15.7. The van der Waals surface area contributed by atoms with Gasteiger partial charge in [0.1, 0.15) is 6.10 Å². The molecule has 0 saturated carbocycles. The smallest absolute Gasteiger partial charge is 0.157 e. The van der Waals surface area contributed by atoms with Crippen LogP contribution < -0.4 is 5.73 Å². The van der Waals surface area contributed by atoms with Gasteiger partial charge >= 0.3 is 0 Å². The molecule has 1 heterocycles. The van der Waals surface area contributed by atoms with Crippen LogP contribution in [0.15, 0.2) is 6.20 Å². The predicted octanol–water partition coefficient (Wildman–Crippen LogP) is 2.54. The van der Waals surface area contributed by atoms with Gasteiger partial charge in [0.2, 0.25) is 0 Å². The number of aryl methyl sites for hydroxylation is 1. The highest BCUT2D eigenvalue weighted by molar-refractivity contribution is 5.20. The lowest BCUT2D eigenvalue weighted by atomic mass is 9.88. The third-order valence-electron chi connectivity index (χ3n) is 2.78. The first-order valence-electron chi connectivity index (χ1n) is 5.89. The monoisotopic (exact) mass is 237 g/mol. The quantitative estimate of drug-likeness (QED) is 0.877. The zero-order valence-corrected chi connectivity index (χ0v) is 11.6. The lowest BCUT2D eigenvalue weighted by molar-refractivity contribution is 0.00849. The van der Waals surface area contributed by atoms with Gasteiger partial charge in [0.15, 0.2) is 5.82 Å². The van der Waals surface area contributed by atoms with Crippen LogP contribution in [0.3, 0.4) is 0 Å². The predicted molar refractivity (Wildman–Crippen MR) is 68.6 cm³/mol. The van der Waals surface area contributed by atoms with Gasteiger partial charge in [-0.15, -0.1) is 0 Å². The van der Waals surface area contributed by atoms with Gasteiger partial charge in [-0.1, -0.05) is 20.8 Å². The second kappa shape index (κ2) is 5.10. The van der Waals surface area contributed by atoms with Crippen molar-refractivity contribution >= 4 is 0 Å². The van der Waals surface area contributed by atoms with E-state index >= 15 is 0 Å². The van der Waals surface area contributed by atoms with E-state index in [1.54, 1.807) is 13.3 Å². The van der Waals surface area contributed by atoms with E-state index in [0.29, 0.717) is 0 Å². The molecule has 2 N–H and O–H groups in total. The highest BCUT2D eigenvalue weighted by Crippen LogP contribution is 2.33. The van der Waals surface area contributed by atoms with E-state index in [1.165, 1.54) is 0 Å². The van der Waals surface area contributed by atoms with E-state index < -0.39 is 0 Å². The van der Waals surface area contributed by atoms with Crippen LogP contribution in [-0.2, 0) is 4.74 Å². The van der Waals surface area contributed by atoms with Crippen molar-refractivity contribution in [2.45, 2.75) is 46.8 Å². The Labute approximate surface area is 104 Å². The molecule has 1 rings (SSSR count). The molecule has 0 amide bonds. The highest BCUT2D eigenvalue weighted by atomic mass is 16.5. The summed E-state index contributed by atoms with van der Waals surface area (Å²) in [5.41, 5.74) is 7.73. The van der Waals surface area contributed by atoms with Crippen LogP contribution >= 0.6 is 0 Å². The van der Waals surface area contributed by atoms with Crippen molar-refractivity contribution in [3.05, 3.63) is 23.3 Å². The maximum absolute atomic E-state index is 5.85. The van der Waals surface area contributed by atoms with Gasteiger partial charge in [-0.05, 0) is 19.3 Å². The number of nitrogens with zero attached hydrogens (tertiary/aromatic N) is 2. The Kier molecular flexibility index (Phi) is 4.22. The molecule has 0 bridgehead atoms. The molecule has 0 radical (unpaired) electrons. The van der Waals surface area contributed by atoms with Gasteiger partial charge in [0.05, 0.1) is 0 Å². The van der Waals surface area contributed by atoms with Crippen LogP contribution in [0, 0.1) is 12.3 Å². The maximum Gasteiger partial charge on any atom is 0.157 e. The van der Waals surface area contributed by atoms with Gasteiger partial charge in [-0.2, -0.15) is 0 Å². The topological polar surface area (TPSA) is 61.0 Å². The number of aromatic nitrogens is 2. The van der Waals surface area contributed by atoms with E-state index in [2.05, 4.69) is 30.7 Å². The molecule has 1 unspecified atom stereocenters. The van der Waals surface area contributed by atoms with E-state index in [9.17, 15) is 0 Å². The van der Waals surface area contributed by atoms with Crippen LogP contribution in [0.5, 0.6) is 0 Å². The van der Waals surface area contributed by atoms with Crippen molar-refractivity contribution in [2.24, 2.45) is 11.1 Å². The summed E-state index contributed by atoms with van der Waals surface area (Å²) in [7, 11) is 1.69. The van der Waals surface area contributed by atoms with Crippen molar-refractivity contribution in [2.75, 3.05) is 7.11 Å². The van der Waals surface area contributed by atoms with E-state index in [-0.39, 0.29) is 17.6 Å². The fraction of sp³-hybridized carbons (Fsp3) is 0.692. The maximum atomic E-state index is 5.85. The molecular formula is C13H23N3O. The fourth-order valence-corrected chi connectivity index (χ4v) is 1.91. The van der Waals surface area contributed by atoms with Crippen LogP contribution in [-0.4, -0.2) is 17.1 Å². The third kappa shape index (κ3) is 3.23. The summed E-state index contributed by atoms with van der Waals surface area (Å²) < 4.78 is 5.50. The molecule has 1 aromatic heterocycles. The zero-order valence-electron chi connectivity index (χ0n) is 11.6. The molecule has 0 aromatic carbocycles. The Morgan fingerprint density at radius 2 is 1.94 bits per heavy atom. The minimum absolute atomic E-state index is 0.0307. The van der Waals surface area contributed by atoms with Crippen LogP contribution in [0.25, 0.3) is 0 Å². The van der Waals surface area contributed by atoms with Gasteiger partial charge in [0.25, 0.3) is 0 Å². The molecule has 0 aliphatic heterocycles. The largest absolute Gasteiger partial charge is 0.373 e. The van der Waals surface area contributed by atoms with Crippen LogP contribution in [0.4, 0.5) is 0 Å². The minimum atomic E-state index is -0.108. The molecular weight excluding hydrogens is 214 g/mol. The second-order valence-electron chi connectivity index (χ2n) is 5.54. The van der Waals surface area contributed by atoms with Crippen molar-refractivity contribution in [1.29, 1.82) is 0 Å². The van der Waals surface area contributed by atoms with Crippen LogP contribution in [0.2, 0.25) is 0 Å². The molecule has 1 aromatic rings. The van der Waals surface area contributed by atoms with Gasteiger partial charge in [-0.25, -0.2) is 9.97 Å². The van der Waals surface area contributed by atoms with Gasteiger partial charge in [-0.3, -0.25) is 0 Å². The van der Waals surface area contributed by atoms with Gasteiger partial charge < -0.3 is 10.5 Å². The summed E-state index contributed by atoms with van der Waals surface area (Å²) in [4.78, 5) is 8.90. The lowest BCUT2D eigenvalue weighted by Crippen LogP contribution is -2.23. The molecule has 0 saturated heterocycles. The molecule has 17 heavy (non-hydrogen) atoms. The molecule has 0 spiro atoms. The van der Waals surface area contributed by atoms with Crippen molar-refractivity contribution in [1.82, 2.24) is 9.97 Å². The minimum Gasteiger partial charge on any atom is -0.373 e. The van der Waals surface area contributed by atoms with E-state index in [0.717, 1.165) is 17.1 Å². The number of hydrogen-bond acceptors (Lipinski definition) is 4. The number of nitrogens with two attached hydrogens (primary N) is 1. The summed E-state index contributed by atoms with van der Waals surface area (Å²) in [6, 6.07) is -0.0420. The highest BCUT2D eigenvalue weighted by Gasteiger charge is 2.29. The number of hydrogen-bond donors (Lipinski definition) is 1. The van der Waals surface area contributed by atoms with E-state index in [1.807, 2.05) is 13.8 Å². The summed E-state index contributed by atoms with van der Waals surface area (Å²) in [6.07, 6.45) is 1.70. The molecule has 0 aliphatic carbocycles.